The van der Waals surface area contributed by atoms with Crippen molar-refractivity contribution >= 4 is 5.91 Å². The monoisotopic (exact) mass is 1180 g/mol. The minimum absolute atomic E-state index is 0.237. The lowest BCUT2D eigenvalue weighted by Crippen LogP contribution is -2.65. The van der Waals surface area contributed by atoms with Crippen molar-refractivity contribution in [1.29, 1.82) is 0 Å². The largest absolute Gasteiger partial charge is 0.394 e. The first kappa shape index (κ1) is 76.8. The molecule has 0 aliphatic carbocycles. The zero-order valence-electron chi connectivity index (χ0n) is 52.4. The quantitative estimate of drug-likeness (QED) is 0.0204. The SMILES string of the molecule is CC/C=C\C/C=C\C/C=C\C/C=C\CCCCCCCCCCCCCCCCCCCCCCCCCCC(=O)NC(COC1OC(CO)C(OC2OC(CO)C(O)C(O)C2O)C(O)C1O)C(O)/C=C/CCCCCCCCCCCC. The molecule has 2 fully saturated rings. The molecule has 14 nitrogen and oxygen atoms in total. The van der Waals surface area contributed by atoms with E-state index < -0.39 is 86.8 Å². The summed E-state index contributed by atoms with van der Waals surface area (Å²) in [4.78, 5) is 13.3. The second kappa shape index (κ2) is 53.9. The molecule has 0 saturated carbocycles. The van der Waals surface area contributed by atoms with Crippen LogP contribution in [0.5, 0.6) is 0 Å². The van der Waals surface area contributed by atoms with Crippen LogP contribution in [0.4, 0.5) is 0 Å². The Labute approximate surface area is 505 Å². The molecule has 12 atom stereocenters. The molecule has 12 unspecified atom stereocenters. The van der Waals surface area contributed by atoms with E-state index in [1.807, 2.05) is 6.08 Å². The smallest absolute Gasteiger partial charge is 0.220 e. The number of rotatable bonds is 55. The number of amides is 1. The van der Waals surface area contributed by atoms with Crippen LogP contribution < -0.4 is 5.32 Å². The third-order valence-corrected chi connectivity index (χ3v) is 16.5. The minimum Gasteiger partial charge on any atom is -0.394 e. The molecule has 2 aliphatic rings. The van der Waals surface area contributed by atoms with Crippen LogP contribution in [0, 0.1) is 0 Å². The van der Waals surface area contributed by atoms with E-state index in [1.54, 1.807) is 6.08 Å². The molecule has 2 saturated heterocycles. The molecule has 0 aromatic rings. The van der Waals surface area contributed by atoms with Crippen molar-refractivity contribution in [3.05, 3.63) is 60.8 Å². The van der Waals surface area contributed by atoms with Crippen LogP contribution in [0.1, 0.15) is 277 Å². The van der Waals surface area contributed by atoms with Gasteiger partial charge in [0.15, 0.2) is 12.6 Å². The Bertz CT molecular complexity index is 1620. The zero-order chi connectivity index (χ0) is 60.2. The van der Waals surface area contributed by atoms with E-state index in [0.29, 0.717) is 6.42 Å². The molecule has 83 heavy (non-hydrogen) atoms. The van der Waals surface area contributed by atoms with Crippen molar-refractivity contribution in [3.63, 3.8) is 0 Å². The number of aliphatic hydroxyl groups excluding tert-OH is 8. The highest BCUT2D eigenvalue weighted by molar-refractivity contribution is 5.76. The molecule has 2 aliphatic heterocycles. The fourth-order valence-corrected chi connectivity index (χ4v) is 11.0. The first-order valence-electron chi connectivity index (χ1n) is 34.0. The minimum atomic E-state index is -1.79. The van der Waals surface area contributed by atoms with Crippen molar-refractivity contribution < 1.29 is 64.6 Å². The fourth-order valence-electron chi connectivity index (χ4n) is 11.0. The Morgan fingerprint density at radius 2 is 0.831 bits per heavy atom. The molecule has 0 radical (unpaired) electrons. The Morgan fingerprint density at radius 3 is 1.28 bits per heavy atom. The second-order valence-electron chi connectivity index (χ2n) is 23.9. The van der Waals surface area contributed by atoms with Gasteiger partial charge in [-0.2, -0.15) is 0 Å². The molecule has 2 heterocycles. The highest BCUT2D eigenvalue weighted by atomic mass is 16.7. The topological polar surface area (TPSA) is 228 Å². The third kappa shape index (κ3) is 38.6. The average molecular weight is 1180 g/mol. The van der Waals surface area contributed by atoms with E-state index >= 15 is 0 Å². The summed E-state index contributed by atoms with van der Waals surface area (Å²) >= 11 is 0. The van der Waals surface area contributed by atoms with E-state index in [-0.39, 0.29) is 18.9 Å². The van der Waals surface area contributed by atoms with Crippen molar-refractivity contribution in [2.75, 3.05) is 19.8 Å². The van der Waals surface area contributed by atoms with E-state index in [1.165, 1.54) is 186 Å². The van der Waals surface area contributed by atoms with Gasteiger partial charge in [-0.05, 0) is 57.8 Å². The van der Waals surface area contributed by atoms with Crippen LogP contribution in [-0.2, 0) is 23.7 Å². The van der Waals surface area contributed by atoms with Gasteiger partial charge in [-0.1, -0.05) is 274 Å². The van der Waals surface area contributed by atoms with Gasteiger partial charge in [-0.3, -0.25) is 4.79 Å². The van der Waals surface area contributed by atoms with Crippen molar-refractivity contribution in [2.24, 2.45) is 0 Å². The normalized spacial score (nSPS) is 24.2. The number of allylic oxidation sites excluding steroid dienone is 9. The van der Waals surface area contributed by atoms with Gasteiger partial charge < -0.3 is 65.1 Å². The summed E-state index contributed by atoms with van der Waals surface area (Å²) in [5.74, 6) is -0.237. The van der Waals surface area contributed by atoms with Gasteiger partial charge in [0.05, 0.1) is 32.0 Å². The summed E-state index contributed by atoms with van der Waals surface area (Å²) in [5, 5.41) is 87.1. The lowest BCUT2D eigenvalue weighted by Gasteiger charge is -2.46. The number of unbranched alkanes of at least 4 members (excludes halogenated alkanes) is 34. The van der Waals surface area contributed by atoms with Gasteiger partial charge in [0.2, 0.25) is 5.91 Å². The molecular weight excluding hydrogens is 1050 g/mol. The molecule has 0 aromatic heterocycles. The standard InChI is InChI=1S/C69H125NO13/c1-3-5-7-9-11-13-15-17-18-19-20-21-22-23-24-25-26-27-28-29-30-31-32-33-34-35-36-37-38-39-40-41-43-45-47-49-51-53-61(74)70-57(58(73)52-50-48-46-44-42-16-14-12-10-8-6-4-2)56-80-68-66(79)64(77)67(60(55-72)82-68)83-69-65(78)63(76)62(75)59(54-71)81-69/h5,7,11,13,17-18,20-21,50,52,57-60,62-69,71-73,75-79H,3-4,6,8-10,12,14-16,19,22-49,51,53-56H2,1-2H3,(H,70,74)/b7-5-,13-11-,18-17-,21-20-,52-50+. The number of carbonyl (C=O) groups excluding carboxylic acids is 1. The molecular formula is C69H125NO13. The lowest BCUT2D eigenvalue weighted by atomic mass is 9.97. The molecule has 0 spiro atoms. The Kier molecular flexibility index (Phi) is 49.9. The molecule has 0 aromatic carbocycles. The Hall–Kier alpha value is -2.31. The third-order valence-electron chi connectivity index (χ3n) is 16.5. The number of nitrogens with one attached hydrogen (secondary N) is 1. The van der Waals surface area contributed by atoms with E-state index in [0.717, 1.165) is 64.2 Å². The highest BCUT2D eigenvalue weighted by Gasteiger charge is 2.51. The summed E-state index contributed by atoms with van der Waals surface area (Å²) in [6.07, 6.45) is 54.5. The maximum Gasteiger partial charge on any atom is 0.220 e. The van der Waals surface area contributed by atoms with E-state index in [4.69, 9.17) is 18.9 Å². The summed E-state index contributed by atoms with van der Waals surface area (Å²) in [5.41, 5.74) is 0. The lowest BCUT2D eigenvalue weighted by molar-refractivity contribution is -0.359. The molecule has 0 bridgehead atoms. The van der Waals surface area contributed by atoms with Gasteiger partial charge in [-0.15, -0.1) is 0 Å². The van der Waals surface area contributed by atoms with Crippen LogP contribution >= 0.6 is 0 Å². The number of hydrogen-bond donors (Lipinski definition) is 9. The Balaban J connectivity index is 1.56. The van der Waals surface area contributed by atoms with Gasteiger partial charge in [0, 0.05) is 6.42 Å². The zero-order valence-corrected chi connectivity index (χ0v) is 52.4. The molecule has 14 heteroatoms. The van der Waals surface area contributed by atoms with Crippen LogP contribution in [0.2, 0.25) is 0 Å². The van der Waals surface area contributed by atoms with Crippen LogP contribution in [0.15, 0.2) is 60.8 Å². The maximum atomic E-state index is 13.3. The maximum absolute atomic E-state index is 13.3. The Morgan fingerprint density at radius 1 is 0.446 bits per heavy atom. The van der Waals surface area contributed by atoms with E-state index in [2.05, 4.69) is 67.8 Å². The van der Waals surface area contributed by atoms with Crippen molar-refractivity contribution in [2.45, 2.75) is 351 Å². The van der Waals surface area contributed by atoms with Crippen molar-refractivity contribution in [3.8, 4) is 0 Å². The van der Waals surface area contributed by atoms with Crippen LogP contribution in [-0.4, -0.2) is 140 Å². The summed E-state index contributed by atoms with van der Waals surface area (Å²) < 4.78 is 22.8. The molecule has 9 N–H and O–H groups in total. The first-order valence-corrected chi connectivity index (χ1v) is 34.0. The second-order valence-corrected chi connectivity index (χ2v) is 23.9. The van der Waals surface area contributed by atoms with Gasteiger partial charge in [0.25, 0.3) is 0 Å². The average Bonchev–Trinajstić information content (AvgIpc) is 3.58. The summed E-state index contributed by atoms with van der Waals surface area (Å²) in [6.45, 7) is 2.69. The molecule has 2 rings (SSSR count). The predicted molar refractivity (Wildman–Crippen MR) is 337 cm³/mol. The van der Waals surface area contributed by atoms with Gasteiger partial charge >= 0.3 is 0 Å². The molecule has 1 amide bonds. The highest BCUT2D eigenvalue weighted by Crippen LogP contribution is 2.30. The molecule has 484 valence electrons. The number of aliphatic hydroxyl groups is 8. The van der Waals surface area contributed by atoms with Gasteiger partial charge in [0.1, 0.15) is 48.8 Å². The predicted octanol–water partition coefficient (Wildman–Crippen LogP) is 13.3. The van der Waals surface area contributed by atoms with Gasteiger partial charge in [-0.25, -0.2) is 0 Å². The van der Waals surface area contributed by atoms with E-state index in [9.17, 15) is 45.6 Å². The van der Waals surface area contributed by atoms with Crippen molar-refractivity contribution in [1.82, 2.24) is 5.32 Å². The summed E-state index contributed by atoms with van der Waals surface area (Å²) in [6, 6.07) is -0.913. The van der Waals surface area contributed by atoms with Crippen LogP contribution in [0.25, 0.3) is 0 Å². The number of ether oxygens (including phenoxy) is 4. The number of carbonyl (C=O) groups is 1. The van der Waals surface area contributed by atoms with Crippen LogP contribution in [0.3, 0.4) is 0 Å². The number of hydrogen-bond acceptors (Lipinski definition) is 13. The first-order chi connectivity index (χ1) is 40.6. The fraction of sp³-hybridized carbons (Fsp3) is 0.841. The summed E-state index contributed by atoms with van der Waals surface area (Å²) in [7, 11) is 0.